The fraction of sp³-hybridized carbons (Fsp3) is 0.357. The van der Waals surface area contributed by atoms with Gasteiger partial charge in [-0.3, -0.25) is 4.79 Å². The van der Waals surface area contributed by atoms with Crippen molar-refractivity contribution in [3.63, 3.8) is 0 Å². The maximum Gasteiger partial charge on any atom is 0.249 e. The molecule has 100 valence electrons. The van der Waals surface area contributed by atoms with E-state index in [0.717, 1.165) is 5.56 Å². The molecule has 0 radical (unpaired) electrons. The maximum atomic E-state index is 11.6. The van der Waals surface area contributed by atoms with Crippen LogP contribution in [0.3, 0.4) is 0 Å². The Morgan fingerprint density at radius 3 is 2.53 bits per heavy atom. The SMILES string of the molecule is CC(C)C(=O)NC(C)c1nc(-c2ccccc2)no1. The Bertz CT molecular complexity index is 549. The van der Waals surface area contributed by atoms with Crippen molar-refractivity contribution < 1.29 is 9.32 Å². The molecule has 1 amide bonds. The number of carbonyl (C=O) groups excluding carboxylic acids is 1. The lowest BCUT2D eigenvalue weighted by Gasteiger charge is -2.11. The molecule has 0 aliphatic heterocycles. The molecule has 5 nitrogen and oxygen atoms in total. The van der Waals surface area contributed by atoms with Gasteiger partial charge in [-0.25, -0.2) is 0 Å². The molecule has 0 aliphatic rings. The molecule has 1 aromatic heterocycles. The Morgan fingerprint density at radius 2 is 1.89 bits per heavy atom. The number of benzene rings is 1. The molecule has 1 unspecified atom stereocenters. The zero-order valence-electron chi connectivity index (χ0n) is 11.3. The highest BCUT2D eigenvalue weighted by molar-refractivity contribution is 5.78. The second-order valence-corrected chi connectivity index (χ2v) is 4.71. The molecule has 0 aliphatic carbocycles. The Kier molecular flexibility index (Phi) is 3.94. The van der Waals surface area contributed by atoms with Crippen molar-refractivity contribution in [3.8, 4) is 11.4 Å². The Balaban J connectivity index is 2.11. The molecule has 5 heteroatoms. The van der Waals surface area contributed by atoms with E-state index in [1.807, 2.05) is 51.1 Å². The van der Waals surface area contributed by atoms with Gasteiger partial charge < -0.3 is 9.84 Å². The van der Waals surface area contributed by atoms with E-state index < -0.39 is 0 Å². The minimum Gasteiger partial charge on any atom is -0.344 e. The first-order valence-corrected chi connectivity index (χ1v) is 6.27. The van der Waals surface area contributed by atoms with Crippen LogP contribution in [-0.4, -0.2) is 16.0 Å². The fourth-order valence-electron chi connectivity index (χ4n) is 1.56. The Hall–Kier alpha value is -2.17. The predicted molar refractivity (Wildman–Crippen MR) is 71.1 cm³/mol. The normalized spacial score (nSPS) is 12.4. The second kappa shape index (κ2) is 5.65. The molecular formula is C14H17N3O2. The van der Waals surface area contributed by atoms with Crippen LogP contribution in [0.4, 0.5) is 0 Å². The summed E-state index contributed by atoms with van der Waals surface area (Å²) in [5.41, 5.74) is 0.889. The number of carbonyl (C=O) groups is 1. The van der Waals surface area contributed by atoms with Crippen molar-refractivity contribution in [2.45, 2.75) is 26.8 Å². The second-order valence-electron chi connectivity index (χ2n) is 4.71. The summed E-state index contributed by atoms with van der Waals surface area (Å²) in [6.45, 7) is 5.50. The molecular weight excluding hydrogens is 242 g/mol. The zero-order chi connectivity index (χ0) is 13.8. The van der Waals surface area contributed by atoms with Gasteiger partial charge in [0.25, 0.3) is 0 Å². The average molecular weight is 259 g/mol. The Labute approximate surface area is 112 Å². The van der Waals surface area contributed by atoms with Gasteiger partial charge in [0.2, 0.25) is 17.6 Å². The summed E-state index contributed by atoms with van der Waals surface area (Å²) < 4.78 is 5.19. The molecule has 2 rings (SSSR count). The number of nitrogens with zero attached hydrogens (tertiary/aromatic N) is 2. The number of nitrogens with one attached hydrogen (secondary N) is 1. The standard InChI is InChI=1S/C14H17N3O2/c1-9(2)13(18)15-10(3)14-16-12(17-19-14)11-7-5-4-6-8-11/h4-10H,1-3H3,(H,15,18). The van der Waals surface area contributed by atoms with Gasteiger partial charge in [0, 0.05) is 11.5 Å². The van der Waals surface area contributed by atoms with E-state index in [9.17, 15) is 4.79 Å². The molecule has 0 fully saturated rings. The molecule has 1 N–H and O–H groups in total. The topological polar surface area (TPSA) is 68.0 Å². The average Bonchev–Trinajstić information content (AvgIpc) is 2.89. The van der Waals surface area contributed by atoms with Crippen molar-refractivity contribution >= 4 is 5.91 Å². The molecule has 0 spiro atoms. The third-order valence-electron chi connectivity index (χ3n) is 2.73. The van der Waals surface area contributed by atoms with E-state index in [4.69, 9.17) is 4.52 Å². The van der Waals surface area contributed by atoms with E-state index in [1.165, 1.54) is 0 Å². The highest BCUT2D eigenvalue weighted by Gasteiger charge is 2.18. The van der Waals surface area contributed by atoms with E-state index in [-0.39, 0.29) is 17.9 Å². The molecule has 19 heavy (non-hydrogen) atoms. The lowest BCUT2D eigenvalue weighted by atomic mass is 10.2. The van der Waals surface area contributed by atoms with Gasteiger partial charge in [0.1, 0.15) is 6.04 Å². The van der Waals surface area contributed by atoms with Crippen LogP contribution in [0.2, 0.25) is 0 Å². The number of rotatable bonds is 4. The van der Waals surface area contributed by atoms with Crippen molar-refractivity contribution in [2.24, 2.45) is 5.92 Å². The van der Waals surface area contributed by atoms with Crippen LogP contribution in [0.5, 0.6) is 0 Å². The summed E-state index contributed by atoms with van der Waals surface area (Å²) in [7, 11) is 0. The third-order valence-corrected chi connectivity index (χ3v) is 2.73. The fourth-order valence-corrected chi connectivity index (χ4v) is 1.56. The van der Waals surface area contributed by atoms with Crippen LogP contribution in [0, 0.1) is 5.92 Å². The van der Waals surface area contributed by atoms with Crippen molar-refractivity contribution in [3.05, 3.63) is 36.2 Å². The van der Waals surface area contributed by atoms with Gasteiger partial charge >= 0.3 is 0 Å². The number of aromatic nitrogens is 2. The van der Waals surface area contributed by atoms with Crippen molar-refractivity contribution in [1.82, 2.24) is 15.5 Å². The third kappa shape index (κ3) is 3.19. The first kappa shape index (κ1) is 13.3. The summed E-state index contributed by atoms with van der Waals surface area (Å²) in [6.07, 6.45) is 0. The minimum atomic E-state index is -0.292. The molecule has 0 bridgehead atoms. The van der Waals surface area contributed by atoms with E-state index in [0.29, 0.717) is 11.7 Å². The highest BCUT2D eigenvalue weighted by atomic mass is 16.5. The van der Waals surface area contributed by atoms with Crippen LogP contribution >= 0.6 is 0 Å². The first-order chi connectivity index (χ1) is 9.08. The lowest BCUT2D eigenvalue weighted by molar-refractivity contribution is -0.124. The summed E-state index contributed by atoms with van der Waals surface area (Å²) in [4.78, 5) is 15.9. The smallest absolute Gasteiger partial charge is 0.249 e. The van der Waals surface area contributed by atoms with Gasteiger partial charge in [0.15, 0.2) is 0 Å². The number of amides is 1. The summed E-state index contributed by atoms with van der Waals surface area (Å²) >= 11 is 0. The largest absolute Gasteiger partial charge is 0.344 e. The van der Waals surface area contributed by atoms with Gasteiger partial charge in [-0.2, -0.15) is 4.98 Å². The van der Waals surface area contributed by atoms with Crippen molar-refractivity contribution in [1.29, 1.82) is 0 Å². The van der Waals surface area contributed by atoms with Gasteiger partial charge in [-0.05, 0) is 6.92 Å². The first-order valence-electron chi connectivity index (χ1n) is 6.27. The quantitative estimate of drug-likeness (QED) is 0.916. The summed E-state index contributed by atoms with van der Waals surface area (Å²) in [5, 5.41) is 6.75. The van der Waals surface area contributed by atoms with Gasteiger partial charge in [0.05, 0.1) is 0 Å². The molecule has 0 saturated heterocycles. The van der Waals surface area contributed by atoms with Crippen LogP contribution in [0.25, 0.3) is 11.4 Å². The number of hydrogen-bond acceptors (Lipinski definition) is 4. The highest BCUT2D eigenvalue weighted by Crippen LogP contribution is 2.18. The molecule has 0 saturated carbocycles. The maximum absolute atomic E-state index is 11.6. The number of hydrogen-bond donors (Lipinski definition) is 1. The van der Waals surface area contributed by atoms with E-state index in [1.54, 1.807) is 0 Å². The molecule has 1 aromatic carbocycles. The lowest BCUT2D eigenvalue weighted by Crippen LogP contribution is -2.30. The van der Waals surface area contributed by atoms with Crippen LogP contribution in [0.15, 0.2) is 34.9 Å². The zero-order valence-corrected chi connectivity index (χ0v) is 11.3. The molecule has 2 aromatic rings. The van der Waals surface area contributed by atoms with Crippen LogP contribution < -0.4 is 5.32 Å². The molecule has 1 heterocycles. The van der Waals surface area contributed by atoms with Gasteiger partial charge in [-0.1, -0.05) is 49.3 Å². The monoisotopic (exact) mass is 259 g/mol. The van der Waals surface area contributed by atoms with Gasteiger partial charge in [-0.15, -0.1) is 0 Å². The Morgan fingerprint density at radius 1 is 1.21 bits per heavy atom. The van der Waals surface area contributed by atoms with Crippen LogP contribution in [0.1, 0.15) is 32.7 Å². The predicted octanol–water partition coefficient (Wildman–Crippen LogP) is 2.57. The summed E-state index contributed by atoms with van der Waals surface area (Å²) in [6, 6.07) is 9.28. The van der Waals surface area contributed by atoms with E-state index in [2.05, 4.69) is 15.5 Å². The van der Waals surface area contributed by atoms with Crippen LogP contribution in [-0.2, 0) is 4.79 Å². The van der Waals surface area contributed by atoms with Crippen molar-refractivity contribution in [2.75, 3.05) is 0 Å². The molecule has 1 atom stereocenters. The summed E-state index contributed by atoms with van der Waals surface area (Å²) in [5.74, 6) is 0.833. The minimum absolute atomic E-state index is 0.0352. The van der Waals surface area contributed by atoms with E-state index >= 15 is 0 Å².